The summed E-state index contributed by atoms with van der Waals surface area (Å²) in [6.45, 7) is 0.160. The quantitative estimate of drug-likeness (QED) is 0.593. The van der Waals surface area contributed by atoms with Crippen LogP contribution in [0.5, 0.6) is 5.75 Å². The van der Waals surface area contributed by atoms with Gasteiger partial charge >= 0.3 is 0 Å². The van der Waals surface area contributed by atoms with Crippen LogP contribution in [0.3, 0.4) is 0 Å². The van der Waals surface area contributed by atoms with E-state index >= 15 is 0 Å². The maximum atomic E-state index is 9.95. The second kappa shape index (κ2) is 5.01. The molecule has 0 spiro atoms. The first-order valence-corrected chi connectivity index (χ1v) is 4.50. The van der Waals surface area contributed by atoms with Crippen molar-refractivity contribution in [2.24, 2.45) is 4.99 Å². The Morgan fingerprint density at radius 1 is 1.50 bits per heavy atom. The highest BCUT2D eigenvalue weighted by Gasteiger charge is 2.08. The highest BCUT2D eigenvalue weighted by atomic mass is 35.5. The van der Waals surface area contributed by atoms with Crippen molar-refractivity contribution in [3.63, 3.8) is 0 Å². The van der Waals surface area contributed by atoms with Gasteiger partial charge < -0.3 is 4.74 Å². The molecule has 0 heterocycles. The van der Waals surface area contributed by atoms with Crippen LogP contribution in [0, 0.1) is 0 Å². The highest BCUT2D eigenvalue weighted by Crippen LogP contribution is 2.32. The predicted octanol–water partition coefficient (Wildman–Crippen LogP) is 2.84. The molecule has 74 valence electrons. The van der Waals surface area contributed by atoms with Crippen molar-refractivity contribution in [3.8, 4) is 5.75 Å². The number of methoxy groups -OCH3 is 1. The van der Waals surface area contributed by atoms with E-state index in [0.717, 1.165) is 0 Å². The van der Waals surface area contributed by atoms with Crippen LogP contribution in [0.4, 0.5) is 0 Å². The number of isocyanates is 1. The lowest BCUT2D eigenvalue weighted by atomic mass is 10.2. The van der Waals surface area contributed by atoms with Gasteiger partial charge in [0.1, 0.15) is 5.75 Å². The zero-order chi connectivity index (χ0) is 10.6. The number of hydrogen-bond acceptors (Lipinski definition) is 3. The molecule has 0 N–H and O–H groups in total. The molecule has 0 aliphatic heterocycles. The lowest BCUT2D eigenvalue weighted by Crippen LogP contribution is -1.92. The van der Waals surface area contributed by atoms with E-state index in [2.05, 4.69) is 4.99 Å². The Morgan fingerprint density at radius 2 is 2.21 bits per heavy atom. The summed E-state index contributed by atoms with van der Waals surface area (Å²) in [5.41, 5.74) is 0.661. The fraction of sp³-hybridized carbons (Fsp3) is 0.222. The van der Waals surface area contributed by atoms with E-state index in [0.29, 0.717) is 21.4 Å². The number of rotatable bonds is 3. The van der Waals surface area contributed by atoms with Gasteiger partial charge in [0.2, 0.25) is 6.08 Å². The van der Waals surface area contributed by atoms with Gasteiger partial charge in [-0.25, -0.2) is 9.79 Å². The SMILES string of the molecule is COc1c(Cl)cc(Cl)cc1CN=C=O. The number of nitrogens with zero attached hydrogens (tertiary/aromatic N) is 1. The summed E-state index contributed by atoms with van der Waals surface area (Å²) in [6.07, 6.45) is 1.44. The van der Waals surface area contributed by atoms with E-state index in [1.807, 2.05) is 0 Å². The summed E-state index contributed by atoms with van der Waals surface area (Å²) in [4.78, 5) is 13.4. The number of ether oxygens (including phenoxy) is 1. The zero-order valence-electron chi connectivity index (χ0n) is 7.38. The first-order valence-electron chi connectivity index (χ1n) is 3.74. The van der Waals surface area contributed by atoms with Gasteiger partial charge in [-0.1, -0.05) is 23.2 Å². The van der Waals surface area contributed by atoms with Crippen LogP contribution in [0.2, 0.25) is 10.0 Å². The van der Waals surface area contributed by atoms with Gasteiger partial charge in [-0.05, 0) is 12.1 Å². The third kappa shape index (κ3) is 2.48. The van der Waals surface area contributed by atoms with Crippen molar-refractivity contribution in [3.05, 3.63) is 27.7 Å². The lowest BCUT2D eigenvalue weighted by Gasteiger charge is -2.08. The summed E-state index contributed by atoms with van der Waals surface area (Å²) < 4.78 is 5.05. The van der Waals surface area contributed by atoms with E-state index in [1.54, 1.807) is 12.1 Å². The third-order valence-corrected chi connectivity index (χ3v) is 2.10. The van der Waals surface area contributed by atoms with Crippen molar-refractivity contribution < 1.29 is 9.53 Å². The molecule has 14 heavy (non-hydrogen) atoms. The average molecular weight is 232 g/mol. The minimum atomic E-state index is 0.160. The van der Waals surface area contributed by atoms with E-state index in [-0.39, 0.29) is 6.54 Å². The van der Waals surface area contributed by atoms with Crippen LogP contribution < -0.4 is 4.74 Å². The Hall–Kier alpha value is -1.02. The smallest absolute Gasteiger partial charge is 0.235 e. The van der Waals surface area contributed by atoms with Crippen LogP contribution in [-0.4, -0.2) is 13.2 Å². The van der Waals surface area contributed by atoms with Crippen LogP contribution in [0.25, 0.3) is 0 Å². The molecule has 0 fully saturated rings. The fourth-order valence-electron chi connectivity index (χ4n) is 1.08. The molecule has 1 aromatic rings. The molecular formula is C9H7Cl2NO2. The number of hydrogen-bond donors (Lipinski definition) is 0. The van der Waals surface area contributed by atoms with Crippen molar-refractivity contribution in [1.82, 2.24) is 0 Å². The average Bonchev–Trinajstić information content (AvgIpc) is 2.14. The Balaban J connectivity index is 3.17. The first-order chi connectivity index (χ1) is 6.69. The normalized spacial score (nSPS) is 9.36. The second-order valence-electron chi connectivity index (χ2n) is 2.49. The number of benzene rings is 1. The molecule has 0 saturated heterocycles. The Morgan fingerprint density at radius 3 is 2.79 bits per heavy atom. The van der Waals surface area contributed by atoms with Crippen LogP contribution in [0.1, 0.15) is 5.56 Å². The largest absolute Gasteiger partial charge is 0.495 e. The molecule has 0 radical (unpaired) electrons. The van der Waals surface area contributed by atoms with Crippen LogP contribution in [-0.2, 0) is 11.3 Å². The number of halogens is 2. The minimum Gasteiger partial charge on any atom is -0.495 e. The third-order valence-electron chi connectivity index (χ3n) is 1.60. The maximum Gasteiger partial charge on any atom is 0.235 e. The molecule has 0 bridgehead atoms. The highest BCUT2D eigenvalue weighted by molar-refractivity contribution is 6.35. The second-order valence-corrected chi connectivity index (χ2v) is 3.33. The summed E-state index contributed by atoms with van der Waals surface area (Å²) in [5, 5.41) is 0.878. The molecule has 0 amide bonds. The summed E-state index contributed by atoms with van der Waals surface area (Å²) in [5.74, 6) is 0.482. The predicted molar refractivity (Wildman–Crippen MR) is 54.8 cm³/mol. The van der Waals surface area contributed by atoms with Gasteiger partial charge in [0.05, 0.1) is 18.7 Å². The molecule has 5 heteroatoms. The van der Waals surface area contributed by atoms with E-state index in [9.17, 15) is 4.79 Å². The standard InChI is InChI=1S/C9H7Cl2NO2/c1-14-9-6(4-12-5-13)2-7(10)3-8(9)11/h2-3H,4H2,1H3. The minimum absolute atomic E-state index is 0.160. The Kier molecular flexibility index (Phi) is 3.96. The van der Waals surface area contributed by atoms with Crippen molar-refractivity contribution in [1.29, 1.82) is 0 Å². The van der Waals surface area contributed by atoms with Crippen molar-refractivity contribution in [2.75, 3.05) is 7.11 Å². The summed E-state index contributed by atoms with van der Waals surface area (Å²) >= 11 is 11.6. The van der Waals surface area contributed by atoms with Gasteiger partial charge in [-0.15, -0.1) is 0 Å². The van der Waals surface area contributed by atoms with Gasteiger partial charge in [-0.3, -0.25) is 0 Å². The fourth-order valence-corrected chi connectivity index (χ4v) is 1.69. The van der Waals surface area contributed by atoms with Crippen LogP contribution >= 0.6 is 23.2 Å². The number of carbonyl (C=O) groups excluding carboxylic acids is 1. The van der Waals surface area contributed by atoms with Crippen molar-refractivity contribution >= 4 is 29.3 Å². The molecule has 0 aromatic heterocycles. The molecule has 1 aromatic carbocycles. The zero-order valence-corrected chi connectivity index (χ0v) is 8.89. The van der Waals surface area contributed by atoms with Gasteiger partial charge in [0.25, 0.3) is 0 Å². The summed E-state index contributed by atoms with van der Waals surface area (Å²) in [7, 11) is 1.49. The van der Waals surface area contributed by atoms with E-state index < -0.39 is 0 Å². The molecule has 0 atom stereocenters. The molecule has 1 rings (SSSR count). The van der Waals surface area contributed by atoms with Crippen molar-refractivity contribution in [2.45, 2.75) is 6.54 Å². The van der Waals surface area contributed by atoms with Gasteiger partial charge in [0, 0.05) is 10.6 Å². The molecule has 0 unspecified atom stereocenters. The Labute approximate surface area is 91.3 Å². The molecule has 0 saturated carbocycles. The van der Waals surface area contributed by atoms with E-state index in [4.69, 9.17) is 27.9 Å². The number of aliphatic imine (C=N–C) groups is 1. The molecule has 0 aliphatic rings. The van der Waals surface area contributed by atoms with Gasteiger partial charge in [-0.2, -0.15) is 0 Å². The monoisotopic (exact) mass is 231 g/mol. The summed E-state index contributed by atoms with van der Waals surface area (Å²) in [6, 6.07) is 3.21. The Bertz CT molecular complexity index is 387. The van der Waals surface area contributed by atoms with Gasteiger partial charge in [0.15, 0.2) is 0 Å². The lowest BCUT2D eigenvalue weighted by molar-refractivity contribution is 0.410. The topological polar surface area (TPSA) is 38.7 Å². The first kappa shape index (κ1) is 11.1. The van der Waals surface area contributed by atoms with Crippen LogP contribution in [0.15, 0.2) is 17.1 Å². The van der Waals surface area contributed by atoms with E-state index in [1.165, 1.54) is 13.2 Å². The molecular weight excluding hydrogens is 225 g/mol. The maximum absolute atomic E-state index is 9.95. The molecule has 3 nitrogen and oxygen atoms in total. The molecule has 0 aliphatic carbocycles.